The number of ether oxygens (including phenoxy) is 1. The average Bonchev–Trinajstić information content (AvgIpc) is 3.82. The van der Waals surface area contributed by atoms with Crippen LogP contribution in [-0.2, 0) is 11.3 Å². The third-order valence-electron chi connectivity index (χ3n) is 8.37. The maximum absolute atomic E-state index is 13.4. The van der Waals surface area contributed by atoms with Gasteiger partial charge in [0, 0.05) is 19.9 Å². The summed E-state index contributed by atoms with van der Waals surface area (Å²) in [5, 5.41) is 9.43. The van der Waals surface area contributed by atoms with Gasteiger partial charge in [0.1, 0.15) is 23.3 Å². The molecule has 3 amide bonds. The number of halogens is 3. The van der Waals surface area contributed by atoms with Crippen molar-refractivity contribution in [2.24, 2.45) is 17.8 Å². The van der Waals surface area contributed by atoms with Gasteiger partial charge in [-0.3, -0.25) is 9.48 Å². The predicted octanol–water partition coefficient (Wildman–Crippen LogP) is 4.60. The number of aryl methyl sites for hydroxylation is 1. The highest BCUT2D eigenvalue weighted by Gasteiger charge is 2.49. The molecule has 10 nitrogen and oxygen atoms in total. The smallest absolute Gasteiger partial charge is 0.410 e. The van der Waals surface area contributed by atoms with Gasteiger partial charge in [0.2, 0.25) is 5.89 Å². The van der Waals surface area contributed by atoms with E-state index in [1.165, 1.54) is 7.11 Å². The molecule has 0 unspecified atom stereocenters. The highest BCUT2D eigenvalue weighted by atomic mass is 19.4. The SMILES string of the molecule is CCn1nccc1C(=O)N[C@H](c1nc2cc([C@@H](COC)N3C[C@@H](C(F)(F)F)NC3=O)ccc2o1)C(C1CC1)C1CC1. The second-order valence-electron chi connectivity index (χ2n) is 11.2. The van der Waals surface area contributed by atoms with Crippen molar-refractivity contribution in [3.63, 3.8) is 0 Å². The summed E-state index contributed by atoms with van der Waals surface area (Å²) in [6.07, 6.45) is 1.43. The number of aromatic nitrogens is 3. The molecule has 2 saturated carbocycles. The van der Waals surface area contributed by atoms with Crippen molar-refractivity contribution in [3.8, 4) is 0 Å². The second-order valence-corrected chi connectivity index (χ2v) is 11.2. The number of nitrogens with zero attached hydrogens (tertiary/aromatic N) is 4. The number of rotatable bonds is 11. The molecule has 0 radical (unpaired) electrons. The Bertz CT molecular complexity index is 1420. The maximum Gasteiger partial charge on any atom is 0.410 e. The molecule has 1 saturated heterocycles. The quantitative estimate of drug-likeness (QED) is 0.346. The molecule has 3 heterocycles. The van der Waals surface area contributed by atoms with Gasteiger partial charge in [-0.25, -0.2) is 9.78 Å². The van der Waals surface area contributed by atoms with E-state index in [0.717, 1.165) is 30.6 Å². The van der Waals surface area contributed by atoms with Gasteiger partial charge in [0.15, 0.2) is 5.58 Å². The number of methoxy groups -OCH3 is 1. The van der Waals surface area contributed by atoms with Crippen LogP contribution in [0.5, 0.6) is 0 Å². The maximum atomic E-state index is 13.4. The number of oxazole rings is 1. The number of hydrogen-bond donors (Lipinski definition) is 2. The summed E-state index contributed by atoms with van der Waals surface area (Å²) in [7, 11) is 1.43. The lowest BCUT2D eigenvalue weighted by atomic mass is 9.89. The first-order chi connectivity index (χ1) is 19.7. The summed E-state index contributed by atoms with van der Waals surface area (Å²) >= 11 is 0. The number of carbonyl (C=O) groups is 2. The van der Waals surface area contributed by atoms with Crippen LogP contribution in [0.15, 0.2) is 34.9 Å². The van der Waals surface area contributed by atoms with Crippen LogP contribution in [-0.4, -0.2) is 64.1 Å². The first-order valence-corrected chi connectivity index (χ1v) is 14.0. The van der Waals surface area contributed by atoms with Gasteiger partial charge in [-0.05, 0) is 74.1 Å². The molecule has 2 aliphatic carbocycles. The van der Waals surface area contributed by atoms with Crippen LogP contribution in [0.25, 0.3) is 11.1 Å². The Kier molecular flexibility index (Phi) is 7.16. The molecule has 220 valence electrons. The molecular weight excluding hydrogens is 541 g/mol. The van der Waals surface area contributed by atoms with E-state index >= 15 is 0 Å². The number of benzene rings is 1. The zero-order valence-corrected chi connectivity index (χ0v) is 22.9. The summed E-state index contributed by atoms with van der Waals surface area (Å²) in [5.74, 6) is 1.31. The van der Waals surface area contributed by atoms with Crippen molar-refractivity contribution in [2.75, 3.05) is 20.3 Å². The fraction of sp³-hybridized carbons (Fsp3) is 0.571. The molecule has 0 spiro atoms. The Morgan fingerprint density at radius 3 is 2.56 bits per heavy atom. The van der Waals surface area contributed by atoms with E-state index in [4.69, 9.17) is 14.1 Å². The summed E-state index contributed by atoms with van der Waals surface area (Å²) in [4.78, 5) is 31.8. The minimum atomic E-state index is -4.55. The van der Waals surface area contributed by atoms with Crippen molar-refractivity contribution in [3.05, 3.63) is 47.6 Å². The summed E-state index contributed by atoms with van der Waals surface area (Å²) in [5.41, 5.74) is 2.02. The first kappa shape index (κ1) is 27.6. The van der Waals surface area contributed by atoms with E-state index in [9.17, 15) is 22.8 Å². The van der Waals surface area contributed by atoms with Gasteiger partial charge in [-0.15, -0.1) is 0 Å². The van der Waals surface area contributed by atoms with Gasteiger partial charge in [-0.1, -0.05) is 6.07 Å². The summed E-state index contributed by atoms with van der Waals surface area (Å²) < 4.78 is 53.1. The molecule has 1 aromatic carbocycles. The van der Waals surface area contributed by atoms with Crippen LogP contribution in [0.2, 0.25) is 0 Å². The zero-order chi connectivity index (χ0) is 28.9. The number of amides is 3. The Labute approximate surface area is 234 Å². The van der Waals surface area contributed by atoms with Gasteiger partial charge in [0.25, 0.3) is 5.91 Å². The molecule has 2 aromatic heterocycles. The molecule has 0 bridgehead atoms. The van der Waals surface area contributed by atoms with Gasteiger partial charge < -0.3 is 24.7 Å². The van der Waals surface area contributed by atoms with Gasteiger partial charge >= 0.3 is 12.2 Å². The highest BCUT2D eigenvalue weighted by molar-refractivity contribution is 5.92. The Morgan fingerprint density at radius 2 is 1.95 bits per heavy atom. The third-order valence-corrected chi connectivity index (χ3v) is 8.37. The topological polar surface area (TPSA) is 115 Å². The first-order valence-electron chi connectivity index (χ1n) is 14.0. The molecule has 3 aliphatic rings. The molecule has 1 aliphatic heterocycles. The number of nitrogens with one attached hydrogen (secondary N) is 2. The monoisotopic (exact) mass is 574 g/mol. The summed E-state index contributed by atoms with van der Waals surface area (Å²) in [6, 6.07) is 2.86. The lowest BCUT2D eigenvalue weighted by Crippen LogP contribution is -2.40. The Morgan fingerprint density at radius 1 is 1.22 bits per heavy atom. The minimum absolute atomic E-state index is 0.00341. The lowest BCUT2D eigenvalue weighted by Gasteiger charge is -2.27. The van der Waals surface area contributed by atoms with Crippen molar-refractivity contribution in [1.29, 1.82) is 0 Å². The average molecular weight is 575 g/mol. The fourth-order valence-electron chi connectivity index (χ4n) is 6.04. The van der Waals surface area contributed by atoms with Crippen molar-refractivity contribution in [2.45, 2.75) is 63.5 Å². The van der Waals surface area contributed by atoms with Crippen molar-refractivity contribution < 1.29 is 31.9 Å². The number of carbonyl (C=O) groups excluding carboxylic acids is 2. The largest absolute Gasteiger partial charge is 0.438 e. The predicted molar refractivity (Wildman–Crippen MR) is 141 cm³/mol. The molecule has 41 heavy (non-hydrogen) atoms. The second kappa shape index (κ2) is 10.7. The van der Waals surface area contributed by atoms with Crippen molar-refractivity contribution >= 4 is 23.0 Å². The van der Waals surface area contributed by atoms with E-state index in [1.54, 1.807) is 35.1 Å². The van der Waals surface area contributed by atoms with Crippen LogP contribution < -0.4 is 10.6 Å². The minimum Gasteiger partial charge on any atom is -0.438 e. The lowest BCUT2D eigenvalue weighted by molar-refractivity contribution is -0.150. The third kappa shape index (κ3) is 5.51. The molecule has 3 aromatic rings. The summed E-state index contributed by atoms with van der Waals surface area (Å²) in [6.45, 7) is 1.96. The van der Waals surface area contributed by atoms with Crippen LogP contribution in [0, 0.1) is 17.8 Å². The molecular formula is C28H33F3N6O4. The van der Waals surface area contributed by atoms with E-state index in [1.807, 2.05) is 12.2 Å². The normalized spacial score (nSPS) is 21.0. The van der Waals surface area contributed by atoms with E-state index in [-0.39, 0.29) is 18.4 Å². The molecule has 3 fully saturated rings. The Balaban J connectivity index is 1.31. The standard InChI is InChI=1S/C28H33F3N6O4/c1-3-37-19(10-11-32-37)25(38)35-24(23(15-4-5-15)16-6-7-16)26-33-18-12-17(8-9-21(18)41-26)20(14-40-2)36-13-22(28(29,30)31)34-27(36)39/h8-12,15-16,20,22-24H,3-7,13-14H2,1-2H3,(H,34,39)(H,35,38)/t20-,22+,24+/m1/s1. The van der Waals surface area contributed by atoms with Crippen LogP contribution in [0.4, 0.5) is 18.0 Å². The zero-order valence-electron chi connectivity index (χ0n) is 22.9. The molecule has 2 N–H and O–H groups in total. The van der Waals surface area contributed by atoms with E-state index in [0.29, 0.717) is 46.6 Å². The number of urea groups is 1. The van der Waals surface area contributed by atoms with E-state index < -0.39 is 36.9 Å². The van der Waals surface area contributed by atoms with E-state index in [2.05, 4.69) is 10.4 Å². The van der Waals surface area contributed by atoms with Crippen molar-refractivity contribution in [1.82, 2.24) is 30.3 Å². The highest BCUT2D eigenvalue weighted by Crippen LogP contribution is 2.54. The molecule has 6 rings (SSSR count). The molecule has 3 atom stereocenters. The molecule has 13 heteroatoms. The van der Waals surface area contributed by atoms with Gasteiger partial charge in [-0.2, -0.15) is 18.3 Å². The van der Waals surface area contributed by atoms with Crippen LogP contribution in [0.3, 0.4) is 0 Å². The van der Waals surface area contributed by atoms with Crippen LogP contribution >= 0.6 is 0 Å². The Hall–Kier alpha value is -3.61. The number of fused-ring (bicyclic) bond motifs is 1. The van der Waals surface area contributed by atoms with Crippen LogP contribution in [0.1, 0.15) is 66.6 Å². The fourth-order valence-corrected chi connectivity index (χ4v) is 6.04. The number of hydrogen-bond acceptors (Lipinski definition) is 6. The number of alkyl halides is 3. The van der Waals surface area contributed by atoms with Gasteiger partial charge in [0.05, 0.1) is 19.2 Å².